The molecule has 3 N–H and O–H groups in total. The molecule has 0 aliphatic heterocycles. The molecule has 6 rings (SSSR count). The van der Waals surface area contributed by atoms with Gasteiger partial charge in [-0.1, -0.05) is 6.07 Å². The smallest absolute Gasteiger partial charge is 0.335 e. The number of nitrogens with one attached hydrogen (secondary N) is 1. The predicted molar refractivity (Wildman–Crippen MR) is 149 cm³/mol. The summed E-state index contributed by atoms with van der Waals surface area (Å²) in [6.07, 6.45) is 5.39. The van der Waals surface area contributed by atoms with Gasteiger partial charge in [-0.25, -0.2) is 24.7 Å². The number of nitrogens with zero attached hydrogens (tertiary/aromatic N) is 4. The Morgan fingerprint density at radius 3 is 2.74 bits per heavy atom. The second-order valence-electron chi connectivity index (χ2n) is 9.58. The highest BCUT2D eigenvalue weighted by Gasteiger charge is 2.39. The van der Waals surface area contributed by atoms with Crippen molar-refractivity contribution in [2.75, 3.05) is 12.4 Å². The summed E-state index contributed by atoms with van der Waals surface area (Å²) in [5, 5.41) is 25.9. The van der Waals surface area contributed by atoms with E-state index in [9.17, 15) is 15.0 Å². The van der Waals surface area contributed by atoms with Gasteiger partial charge in [-0.3, -0.25) is 0 Å². The highest BCUT2D eigenvalue weighted by Crippen LogP contribution is 2.43. The van der Waals surface area contributed by atoms with E-state index in [1.54, 1.807) is 43.8 Å². The molecule has 0 unspecified atom stereocenters. The summed E-state index contributed by atoms with van der Waals surface area (Å²) in [5.41, 5.74) is 2.98. The maximum absolute atomic E-state index is 11.8. The third-order valence-electron chi connectivity index (χ3n) is 6.88. The van der Waals surface area contributed by atoms with Crippen LogP contribution in [0.15, 0.2) is 60.9 Å². The van der Waals surface area contributed by atoms with Gasteiger partial charge in [0.25, 0.3) is 0 Å². The van der Waals surface area contributed by atoms with Crippen molar-refractivity contribution in [1.82, 2.24) is 19.9 Å². The number of carboxylic acids is 1. The van der Waals surface area contributed by atoms with Gasteiger partial charge in [0.05, 0.1) is 35.0 Å². The van der Waals surface area contributed by atoms with Crippen LogP contribution in [0.3, 0.4) is 0 Å². The lowest BCUT2D eigenvalue weighted by Gasteiger charge is -2.33. The van der Waals surface area contributed by atoms with Crippen molar-refractivity contribution in [3.63, 3.8) is 0 Å². The number of ether oxygens (including phenoxy) is 1. The number of pyridine rings is 3. The molecule has 5 aromatic rings. The number of methoxy groups -OCH3 is 1. The van der Waals surface area contributed by atoms with Crippen molar-refractivity contribution < 1.29 is 19.7 Å². The number of hydrogen-bond donors (Lipinski definition) is 3. The van der Waals surface area contributed by atoms with Crippen LogP contribution in [-0.4, -0.2) is 43.2 Å². The van der Waals surface area contributed by atoms with E-state index in [1.165, 1.54) is 11.3 Å². The first-order chi connectivity index (χ1) is 18.8. The van der Waals surface area contributed by atoms with Gasteiger partial charge >= 0.3 is 5.97 Å². The van der Waals surface area contributed by atoms with Crippen LogP contribution < -0.4 is 10.1 Å². The van der Waals surface area contributed by atoms with Gasteiger partial charge < -0.3 is 20.3 Å². The quantitative estimate of drug-likeness (QED) is 0.257. The summed E-state index contributed by atoms with van der Waals surface area (Å²) in [5.74, 6) is 0.827. The number of carbonyl (C=O) groups is 1. The highest BCUT2D eigenvalue weighted by atomic mass is 32.1. The van der Waals surface area contributed by atoms with Crippen molar-refractivity contribution in [3.8, 4) is 16.5 Å². The summed E-state index contributed by atoms with van der Waals surface area (Å²) in [4.78, 5) is 30.5. The van der Waals surface area contributed by atoms with Gasteiger partial charge in [-0.15, -0.1) is 11.3 Å². The van der Waals surface area contributed by atoms with E-state index < -0.39 is 11.6 Å². The standard InChI is InChI=1S/C29H25N5O4S/c1-16-10-21(32-25(11-16)34-24-13-18-6-8-26(38-2)33-22(18)14-30-24)23-15-31-28(39-23)29(37)9-3-4-17-12-19(27(35)36)5-7-20(17)29/h5-8,10-15,37H,3-4,9H2,1-2H3,(H,35,36)(H,30,32,34)/t29-/m1/s1. The molecule has 196 valence electrons. The topological polar surface area (TPSA) is 130 Å². The molecule has 10 heteroatoms. The Morgan fingerprint density at radius 2 is 1.92 bits per heavy atom. The second-order valence-corrected chi connectivity index (χ2v) is 10.6. The van der Waals surface area contributed by atoms with Crippen molar-refractivity contribution in [1.29, 1.82) is 0 Å². The number of benzene rings is 1. The average molecular weight is 540 g/mol. The molecular weight excluding hydrogens is 514 g/mol. The van der Waals surface area contributed by atoms with Crippen LogP contribution in [0.4, 0.5) is 11.6 Å². The number of aliphatic hydroxyl groups is 1. The first kappa shape index (κ1) is 24.9. The minimum absolute atomic E-state index is 0.221. The first-order valence-electron chi connectivity index (χ1n) is 12.4. The number of aromatic nitrogens is 4. The van der Waals surface area contributed by atoms with Crippen molar-refractivity contribution in [2.45, 2.75) is 31.8 Å². The molecule has 0 bridgehead atoms. The lowest BCUT2D eigenvalue weighted by atomic mass is 9.79. The molecule has 0 radical (unpaired) electrons. The number of carboxylic acid groups (broad SMARTS) is 1. The maximum Gasteiger partial charge on any atom is 0.335 e. The number of fused-ring (bicyclic) bond motifs is 2. The van der Waals surface area contributed by atoms with Crippen LogP contribution in [0.5, 0.6) is 5.88 Å². The molecule has 1 aliphatic carbocycles. The van der Waals surface area contributed by atoms with E-state index in [0.717, 1.165) is 45.4 Å². The molecule has 1 atom stereocenters. The van der Waals surface area contributed by atoms with Gasteiger partial charge in [-0.2, -0.15) is 0 Å². The molecule has 0 spiro atoms. The summed E-state index contributed by atoms with van der Waals surface area (Å²) < 4.78 is 5.19. The molecule has 0 saturated carbocycles. The number of anilines is 2. The minimum atomic E-state index is -1.27. The van der Waals surface area contributed by atoms with Crippen LogP contribution in [-0.2, 0) is 12.0 Å². The Hall–Kier alpha value is -4.41. The molecule has 39 heavy (non-hydrogen) atoms. The third kappa shape index (κ3) is 4.68. The fourth-order valence-corrected chi connectivity index (χ4v) is 6.00. The number of aromatic carboxylic acids is 1. The van der Waals surface area contributed by atoms with Crippen molar-refractivity contribution in [3.05, 3.63) is 88.2 Å². The monoisotopic (exact) mass is 539 g/mol. The predicted octanol–water partition coefficient (Wildman–Crippen LogP) is 5.48. The maximum atomic E-state index is 11.8. The SMILES string of the molecule is COc1ccc2cc(Nc3cc(C)cc(-c4cnc([C@@]5(O)CCCc6cc(C(=O)O)ccc65)s4)n3)ncc2n1. The average Bonchev–Trinajstić information content (AvgIpc) is 3.44. The molecule has 9 nitrogen and oxygen atoms in total. The number of rotatable bonds is 6. The molecule has 1 aliphatic rings. The van der Waals surface area contributed by atoms with E-state index in [4.69, 9.17) is 9.72 Å². The van der Waals surface area contributed by atoms with E-state index in [1.807, 2.05) is 31.2 Å². The Bertz CT molecular complexity index is 1740. The minimum Gasteiger partial charge on any atom is -0.481 e. The van der Waals surface area contributed by atoms with E-state index in [2.05, 4.69) is 20.3 Å². The summed E-state index contributed by atoms with van der Waals surface area (Å²) >= 11 is 1.39. The fourth-order valence-electron chi connectivity index (χ4n) is 4.99. The molecular formula is C29H25N5O4S. The van der Waals surface area contributed by atoms with E-state index >= 15 is 0 Å². The van der Waals surface area contributed by atoms with Crippen LogP contribution >= 0.6 is 11.3 Å². The molecule has 0 saturated heterocycles. The Labute approximate surface area is 228 Å². The zero-order valence-electron chi connectivity index (χ0n) is 21.3. The van der Waals surface area contributed by atoms with E-state index in [0.29, 0.717) is 34.5 Å². The molecule has 0 fully saturated rings. The zero-order valence-corrected chi connectivity index (χ0v) is 22.1. The summed E-state index contributed by atoms with van der Waals surface area (Å²) in [7, 11) is 1.58. The molecule has 4 heterocycles. The number of aryl methyl sites for hydroxylation is 2. The van der Waals surface area contributed by atoms with Gasteiger partial charge in [0.1, 0.15) is 22.2 Å². The summed E-state index contributed by atoms with van der Waals surface area (Å²) in [6, 6.07) is 14.5. The fraction of sp³-hybridized carbons (Fsp3) is 0.207. The van der Waals surface area contributed by atoms with Crippen molar-refractivity contribution >= 4 is 39.8 Å². The third-order valence-corrected chi connectivity index (χ3v) is 8.05. The van der Waals surface area contributed by atoms with Crippen LogP contribution in [0.2, 0.25) is 0 Å². The Morgan fingerprint density at radius 1 is 1.05 bits per heavy atom. The van der Waals surface area contributed by atoms with Crippen LogP contribution in [0.25, 0.3) is 21.5 Å². The Kier molecular flexibility index (Phi) is 6.20. The van der Waals surface area contributed by atoms with Gasteiger partial charge in [0, 0.05) is 17.6 Å². The van der Waals surface area contributed by atoms with Gasteiger partial charge in [-0.05, 0) is 79.3 Å². The van der Waals surface area contributed by atoms with Crippen molar-refractivity contribution in [2.24, 2.45) is 0 Å². The molecule has 1 aromatic carbocycles. The Balaban J connectivity index is 1.30. The lowest BCUT2D eigenvalue weighted by Crippen LogP contribution is -2.32. The second kappa shape index (κ2) is 9.72. The van der Waals surface area contributed by atoms with Crippen LogP contribution in [0.1, 0.15) is 44.9 Å². The summed E-state index contributed by atoms with van der Waals surface area (Å²) in [6.45, 7) is 1.99. The van der Waals surface area contributed by atoms with Gasteiger partial charge in [0.15, 0.2) is 0 Å². The van der Waals surface area contributed by atoms with E-state index in [-0.39, 0.29) is 5.56 Å². The first-order valence-corrected chi connectivity index (χ1v) is 13.3. The van der Waals surface area contributed by atoms with Crippen LogP contribution in [0, 0.1) is 6.92 Å². The highest BCUT2D eigenvalue weighted by molar-refractivity contribution is 7.15. The number of thiazole rings is 1. The zero-order chi connectivity index (χ0) is 27.1. The molecule has 4 aromatic heterocycles. The van der Waals surface area contributed by atoms with Gasteiger partial charge in [0.2, 0.25) is 5.88 Å². The lowest BCUT2D eigenvalue weighted by molar-refractivity contribution is 0.0607. The largest absolute Gasteiger partial charge is 0.481 e. The number of hydrogen-bond acceptors (Lipinski definition) is 9. The molecule has 0 amide bonds. The normalized spacial score (nSPS) is 16.6.